The summed E-state index contributed by atoms with van der Waals surface area (Å²) in [6, 6.07) is 4.99. The number of H-pyrrole nitrogens is 1. The first kappa shape index (κ1) is 14.1. The lowest BCUT2D eigenvalue weighted by molar-refractivity contribution is -0.137. The Kier molecular flexibility index (Phi) is 3.69. The summed E-state index contributed by atoms with van der Waals surface area (Å²) in [4.78, 5) is 7.39. The summed E-state index contributed by atoms with van der Waals surface area (Å²) in [5.74, 6) is 0.726. The van der Waals surface area contributed by atoms with Gasteiger partial charge in [-0.1, -0.05) is 12.1 Å². The van der Waals surface area contributed by atoms with Gasteiger partial charge in [0.25, 0.3) is 0 Å². The van der Waals surface area contributed by atoms with E-state index in [9.17, 15) is 13.2 Å². The third-order valence-corrected chi connectivity index (χ3v) is 3.37. The summed E-state index contributed by atoms with van der Waals surface area (Å²) in [6.45, 7) is 1.95. The third-order valence-electron chi connectivity index (χ3n) is 3.37. The largest absolute Gasteiger partial charge is 0.416 e. The van der Waals surface area contributed by atoms with Crippen LogP contribution < -0.4 is 5.32 Å². The Bertz CT molecular complexity index is 601. The maximum atomic E-state index is 12.5. The lowest BCUT2D eigenvalue weighted by Gasteiger charge is -2.21. The van der Waals surface area contributed by atoms with Gasteiger partial charge >= 0.3 is 6.18 Å². The Morgan fingerprint density at radius 3 is 2.57 bits per heavy atom. The van der Waals surface area contributed by atoms with Crippen molar-refractivity contribution in [3.63, 3.8) is 0 Å². The van der Waals surface area contributed by atoms with E-state index in [1.54, 1.807) is 6.20 Å². The molecule has 1 aliphatic heterocycles. The van der Waals surface area contributed by atoms with Gasteiger partial charge in [-0.2, -0.15) is 13.2 Å². The van der Waals surface area contributed by atoms with E-state index in [0.717, 1.165) is 24.5 Å². The van der Waals surface area contributed by atoms with Gasteiger partial charge in [-0.3, -0.25) is 0 Å². The first-order valence-corrected chi connectivity index (χ1v) is 6.58. The molecule has 0 amide bonds. The molecule has 112 valence electrons. The number of aromatic nitrogens is 2. The topological polar surface area (TPSA) is 49.9 Å². The number of aromatic amines is 1. The normalized spacial score (nSPS) is 19.7. The van der Waals surface area contributed by atoms with Crippen molar-refractivity contribution in [1.29, 1.82) is 0 Å². The maximum Gasteiger partial charge on any atom is 0.416 e. The number of alkyl halides is 3. The average Bonchev–Trinajstić information content (AvgIpc) is 2.97. The minimum Gasteiger partial charge on any atom is -0.378 e. The van der Waals surface area contributed by atoms with Crippen LogP contribution in [0.3, 0.4) is 0 Å². The van der Waals surface area contributed by atoms with E-state index < -0.39 is 11.7 Å². The van der Waals surface area contributed by atoms with Crippen LogP contribution in [0.15, 0.2) is 30.5 Å². The number of nitrogens with one attached hydrogen (secondary N) is 2. The van der Waals surface area contributed by atoms with Gasteiger partial charge in [0.05, 0.1) is 36.7 Å². The van der Waals surface area contributed by atoms with Gasteiger partial charge in [-0.25, -0.2) is 4.98 Å². The monoisotopic (exact) mass is 297 g/mol. The lowest BCUT2D eigenvalue weighted by Crippen LogP contribution is -2.35. The second kappa shape index (κ2) is 5.50. The smallest absolute Gasteiger partial charge is 0.378 e. The molecular weight excluding hydrogens is 283 g/mol. The molecule has 0 unspecified atom stereocenters. The number of benzene rings is 1. The Labute approximate surface area is 119 Å². The average molecular weight is 297 g/mol. The molecule has 3 rings (SSSR count). The molecular formula is C14H14F3N3O. The molecule has 0 aliphatic carbocycles. The summed E-state index contributed by atoms with van der Waals surface area (Å²) in [5.41, 5.74) is 0.693. The predicted octanol–water partition coefficient (Wildman–Crippen LogP) is 2.76. The van der Waals surface area contributed by atoms with E-state index in [2.05, 4.69) is 15.3 Å². The molecule has 0 radical (unpaired) electrons. The van der Waals surface area contributed by atoms with Crippen molar-refractivity contribution in [3.8, 4) is 11.3 Å². The van der Waals surface area contributed by atoms with Crippen LogP contribution in [0.2, 0.25) is 0 Å². The van der Waals surface area contributed by atoms with Crippen molar-refractivity contribution in [3.05, 3.63) is 41.9 Å². The highest BCUT2D eigenvalue weighted by atomic mass is 19.4. The number of hydrogen-bond donors (Lipinski definition) is 2. The molecule has 1 aliphatic rings. The zero-order valence-electron chi connectivity index (χ0n) is 11.1. The van der Waals surface area contributed by atoms with Crippen molar-refractivity contribution in [2.24, 2.45) is 0 Å². The van der Waals surface area contributed by atoms with Crippen molar-refractivity contribution in [2.75, 3.05) is 19.8 Å². The second-order valence-electron chi connectivity index (χ2n) is 4.84. The van der Waals surface area contributed by atoms with E-state index in [4.69, 9.17) is 4.74 Å². The van der Waals surface area contributed by atoms with E-state index in [0.29, 0.717) is 24.5 Å². The molecule has 2 aromatic rings. The summed E-state index contributed by atoms with van der Waals surface area (Å²) < 4.78 is 42.9. The van der Waals surface area contributed by atoms with Crippen molar-refractivity contribution >= 4 is 0 Å². The summed E-state index contributed by atoms with van der Waals surface area (Å²) >= 11 is 0. The van der Waals surface area contributed by atoms with Crippen LogP contribution in [0, 0.1) is 0 Å². The third kappa shape index (κ3) is 3.08. The van der Waals surface area contributed by atoms with Crippen LogP contribution in [0.5, 0.6) is 0 Å². The molecule has 4 nitrogen and oxygen atoms in total. The molecule has 2 heterocycles. The molecule has 7 heteroatoms. The Hall–Kier alpha value is -1.86. The molecule has 1 aromatic heterocycles. The van der Waals surface area contributed by atoms with Gasteiger partial charge in [0.2, 0.25) is 0 Å². The van der Waals surface area contributed by atoms with Crippen molar-refractivity contribution in [2.45, 2.75) is 12.2 Å². The molecule has 1 aromatic carbocycles. The fraction of sp³-hybridized carbons (Fsp3) is 0.357. The first-order valence-electron chi connectivity index (χ1n) is 6.58. The molecule has 1 atom stereocenters. The number of rotatable bonds is 2. The van der Waals surface area contributed by atoms with Gasteiger partial charge in [0, 0.05) is 6.54 Å². The van der Waals surface area contributed by atoms with Crippen molar-refractivity contribution in [1.82, 2.24) is 15.3 Å². The molecule has 0 spiro atoms. The quantitative estimate of drug-likeness (QED) is 0.896. The molecule has 1 saturated heterocycles. The highest BCUT2D eigenvalue weighted by Gasteiger charge is 2.30. The highest BCUT2D eigenvalue weighted by Crippen LogP contribution is 2.30. The Morgan fingerprint density at radius 1 is 1.19 bits per heavy atom. The minimum atomic E-state index is -4.32. The number of imidazole rings is 1. The Balaban J connectivity index is 1.79. The van der Waals surface area contributed by atoms with E-state index >= 15 is 0 Å². The first-order chi connectivity index (χ1) is 10.0. The molecule has 1 fully saturated rings. The lowest BCUT2D eigenvalue weighted by atomic mass is 10.1. The van der Waals surface area contributed by atoms with Gasteiger partial charge in [0.1, 0.15) is 5.82 Å². The molecule has 21 heavy (non-hydrogen) atoms. The predicted molar refractivity (Wildman–Crippen MR) is 70.6 cm³/mol. The van der Waals surface area contributed by atoms with E-state index in [1.807, 2.05) is 0 Å². The fourth-order valence-corrected chi connectivity index (χ4v) is 2.24. The number of morpholine rings is 1. The molecule has 2 N–H and O–H groups in total. The summed E-state index contributed by atoms with van der Waals surface area (Å²) in [6.07, 6.45) is -2.70. The van der Waals surface area contributed by atoms with Crippen LogP contribution in [-0.2, 0) is 10.9 Å². The zero-order valence-corrected chi connectivity index (χ0v) is 11.1. The van der Waals surface area contributed by atoms with E-state index in [1.165, 1.54) is 12.1 Å². The van der Waals surface area contributed by atoms with Gasteiger partial charge in [0.15, 0.2) is 0 Å². The molecule has 0 saturated carbocycles. The SMILES string of the molecule is FC(F)(F)c1ccc(-c2cnc([C@@H]3COCCN3)[nH]2)cc1. The number of nitrogens with zero attached hydrogens (tertiary/aromatic N) is 1. The highest BCUT2D eigenvalue weighted by molar-refractivity contribution is 5.59. The summed E-state index contributed by atoms with van der Waals surface area (Å²) in [5, 5.41) is 3.26. The van der Waals surface area contributed by atoms with Gasteiger partial charge < -0.3 is 15.0 Å². The minimum absolute atomic E-state index is 0.0121. The fourth-order valence-electron chi connectivity index (χ4n) is 2.24. The number of halogens is 3. The Morgan fingerprint density at radius 2 is 1.95 bits per heavy atom. The van der Waals surface area contributed by atoms with Crippen LogP contribution >= 0.6 is 0 Å². The molecule has 0 bridgehead atoms. The van der Waals surface area contributed by atoms with Gasteiger partial charge in [-0.05, 0) is 17.7 Å². The van der Waals surface area contributed by atoms with Crippen LogP contribution in [0.1, 0.15) is 17.4 Å². The summed E-state index contributed by atoms with van der Waals surface area (Å²) in [7, 11) is 0. The standard InChI is InChI=1S/C14H14F3N3O/c15-14(16,17)10-3-1-9(2-4-10)11-7-19-13(20-11)12-8-21-6-5-18-12/h1-4,7,12,18H,5-6,8H2,(H,19,20)/t12-/m0/s1. The second-order valence-corrected chi connectivity index (χ2v) is 4.84. The van der Waals surface area contributed by atoms with Crippen LogP contribution in [0.4, 0.5) is 13.2 Å². The van der Waals surface area contributed by atoms with Crippen LogP contribution in [0.25, 0.3) is 11.3 Å². The van der Waals surface area contributed by atoms with Crippen molar-refractivity contribution < 1.29 is 17.9 Å². The van der Waals surface area contributed by atoms with E-state index in [-0.39, 0.29) is 6.04 Å². The zero-order chi connectivity index (χ0) is 14.9. The van der Waals surface area contributed by atoms with Crippen LogP contribution in [-0.4, -0.2) is 29.7 Å². The maximum absolute atomic E-state index is 12.5. The number of ether oxygens (including phenoxy) is 1. The number of hydrogen-bond acceptors (Lipinski definition) is 3. The van der Waals surface area contributed by atoms with Gasteiger partial charge in [-0.15, -0.1) is 0 Å².